The van der Waals surface area contributed by atoms with E-state index in [0.717, 1.165) is 0 Å². The molecule has 0 aromatic carbocycles. The standard InChI is InChI=1S/C9H24O8Si2/c1-9(17-19(13-5,14-6)15-7)8-16-18(10-2,11-3)12-4/h9H,8H2,1-7H3. The van der Waals surface area contributed by atoms with Gasteiger partial charge in [-0.25, -0.2) is 0 Å². The topological polar surface area (TPSA) is 73.8 Å². The Morgan fingerprint density at radius 1 is 0.684 bits per heavy atom. The van der Waals surface area contributed by atoms with E-state index in [1.54, 1.807) is 6.92 Å². The number of rotatable bonds is 11. The average molecular weight is 316 g/mol. The molecule has 1 atom stereocenters. The summed E-state index contributed by atoms with van der Waals surface area (Å²) in [6.45, 7) is 1.98. The van der Waals surface area contributed by atoms with Crippen LogP contribution in [0.15, 0.2) is 0 Å². The third-order valence-corrected chi connectivity index (χ3v) is 6.55. The minimum atomic E-state index is -3.09. The van der Waals surface area contributed by atoms with E-state index in [-0.39, 0.29) is 12.7 Å². The summed E-state index contributed by atoms with van der Waals surface area (Å²) < 4.78 is 42.0. The minimum Gasteiger partial charge on any atom is -0.355 e. The van der Waals surface area contributed by atoms with Crippen molar-refractivity contribution in [2.45, 2.75) is 13.0 Å². The molecule has 0 aliphatic rings. The molecule has 116 valence electrons. The van der Waals surface area contributed by atoms with Gasteiger partial charge in [0.25, 0.3) is 0 Å². The minimum absolute atomic E-state index is 0.187. The van der Waals surface area contributed by atoms with Crippen LogP contribution < -0.4 is 0 Å². The zero-order valence-electron chi connectivity index (χ0n) is 12.6. The van der Waals surface area contributed by atoms with E-state index in [1.807, 2.05) is 0 Å². The fraction of sp³-hybridized carbons (Fsp3) is 1.00. The van der Waals surface area contributed by atoms with Gasteiger partial charge in [-0.05, 0) is 6.92 Å². The fourth-order valence-electron chi connectivity index (χ4n) is 1.32. The van der Waals surface area contributed by atoms with E-state index in [2.05, 4.69) is 0 Å². The second-order valence-corrected chi connectivity index (χ2v) is 8.44. The Balaban J connectivity index is 4.42. The Kier molecular flexibility index (Phi) is 9.18. The molecular weight excluding hydrogens is 292 g/mol. The maximum absolute atomic E-state index is 5.62. The molecule has 8 nitrogen and oxygen atoms in total. The lowest BCUT2D eigenvalue weighted by Crippen LogP contribution is -2.52. The highest BCUT2D eigenvalue weighted by molar-refractivity contribution is 6.53. The zero-order chi connectivity index (χ0) is 14.9. The van der Waals surface area contributed by atoms with Crippen LogP contribution in [0.5, 0.6) is 0 Å². The van der Waals surface area contributed by atoms with E-state index >= 15 is 0 Å². The van der Waals surface area contributed by atoms with Crippen molar-refractivity contribution >= 4 is 18.1 Å². The van der Waals surface area contributed by atoms with Gasteiger partial charge in [-0.15, -0.1) is 0 Å². The lowest BCUT2D eigenvalue weighted by Gasteiger charge is -2.28. The molecule has 1 unspecified atom stereocenters. The van der Waals surface area contributed by atoms with E-state index in [0.29, 0.717) is 0 Å². The molecule has 10 heteroatoms. The van der Waals surface area contributed by atoms with Crippen molar-refractivity contribution in [2.24, 2.45) is 0 Å². The van der Waals surface area contributed by atoms with Gasteiger partial charge >= 0.3 is 18.1 Å². The first kappa shape index (κ1) is 19.1. The quantitative estimate of drug-likeness (QED) is 0.499. The number of hydrogen-bond donors (Lipinski definition) is 0. The van der Waals surface area contributed by atoms with E-state index in [4.69, 9.17) is 35.4 Å². The van der Waals surface area contributed by atoms with Gasteiger partial charge in [-0.3, -0.25) is 0 Å². The highest BCUT2D eigenvalue weighted by Gasteiger charge is 2.46. The van der Waals surface area contributed by atoms with Crippen LogP contribution in [0.2, 0.25) is 0 Å². The number of hydrogen-bond acceptors (Lipinski definition) is 8. The monoisotopic (exact) mass is 316 g/mol. The normalized spacial score (nSPS) is 14.7. The molecule has 19 heavy (non-hydrogen) atoms. The summed E-state index contributed by atoms with van der Waals surface area (Å²) >= 11 is 0. The fourth-order valence-corrected chi connectivity index (χ4v) is 3.96. The Bertz CT molecular complexity index is 218. The molecule has 0 aromatic heterocycles. The van der Waals surface area contributed by atoms with Crippen molar-refractivity contribution in [3.63, 3.8) is 0 Å². The third kappa shape index (κ3) is 5.55. The molecule has 0 bridgehead atoms. The van der Waals surface area contributed by atoms with Crippen molar-refractivity contribution in [3.05, 3.63) is 0 Å². The predicted octanol–water partition coefficient (Wildman–Crippen LogP) is 0.158. The van der Waals surface area contributed by atoms with Crippen LogP contribution in [0.3, 0.4) is 0 Å². The summed E-state index contributed by atoms with van der Waals surface area (Å²) in [6, 6.07) is 0. The van der Waals surface area contributed by atoms with Crippen LogP contribution in [0, 0.1) is 0 Å². The summed E-state index contributed by atoms with van der Waals surface area (Å²) in [5, 5.41) is 0. The Morgan fingerprint density at radius 3 is 1.37 bits per heavy atom. The molecular formula is C9H24O8Si2. The summed E-state index contributed by atoms with van der Waals surface area (Å²) in [7, 11) is 2.61. The maximum Gasteiger partial charge on any atom is 0.679 e. The molecule has 0 rings (SSSR count). The molecule has 0 radical (unpaired) electrons. The van der Waals surface area contributed by atoms with Gasteiger partial charge in [0.1, 0.15) is 0 Å². The largest absolute Gasteiger partial charge is 0.679 e. The van der Waals surface area contributed by atoms with Crippen LogP contribution in [-0.2, 0) is 35.4 Å². The highest BCUT2D eigenvalue weighted by Crippen LogP contribution is 2.14. The second-order valence-electron chi connectivity index (χ2n) is 3.46. The van der Waals surface area contributed by atoms with Gasteiger partial charge in [0.2, 0.25) is 0 Å². The van der Waals surface area contributed by atoms with Gasteiger partial charge in [0, 0.05) is 42.7 Å². The SMILES string of the molecule is CO[Si](OC)(OC)OCC(C)O[Si](OC)(OC)OC. The van der Waals surface area contributed by atoms with Crippen molar-refractivity contribution in [1.82, 2.24) is 0 Å². The molecule has 0 aromatic rings. The third-order valence-electron chi connectivity index (χ3n) is 2.34. The molecule has 0 amide bonds. The lowest BCUT2D eigenvalue weighted by atomic mass is 10.5. The molecule has 0 aliphatic carbocycles. The first-order valence-corrected chi connectivity index (χ1v) is 8.86. The lowest BCUT2D eigenvalue weighted by molar-refractivity contribution is -0.0533. The summed E-state index contributed by atoms with van der Waals surface area (Å²) in [4.78, 5) is 0. The van der Waals surface area contributed by atoms with Gasteiger partial charge in [-0.1, -0.05) is 0 Å². The summed E-state index contributed by atoms with van der Waals surface area (Å²) in [5.41, 5.74) is 0. The van der Waals surface area contributed by atoms with Gasteiger partial charge < -0.3 is 35.4 Å². The first-order valence-electron chi connectivity index (χ1n) is 5.59. The van der Waals surface area contributed by atoms with Crippen molar-refractivity contribution in [1.29, 1.82) is 0 Å². The molecule has 0 saturated carbocycles. The maximum atomic E-state index is 5.62. The zero-order valence-corrected chi connectivity index (χ0v) is 14.6. The van der Waals surface area contributed by atoms with Gasteiger partial charge in [-0.2, -0.15) is 0 Å². The van der Waals surface area contributed by atoms with Crippen LogP contribution in [0.1, 0.15) is 6.92 Å². The molecule has 0 N–H and O–H groups in total. The smallest absolute Gasteiger partial charge is 0.355 e. The summed E-state index contributed by atoms with van der Waals surface area (Å²) in [6.07, 6.45) is -0.348. The Labute approximate surface area is 116 Å². The predicted molar refractivity (Wildman–Crippen MR) is 70.1 cm³/mol. The highest BCUT2D eigenvalue weighted by atomic mass is 28.4. The van der Waals surface area contributed by atoms with Crippen molar-refractivity contribution in [2.75, 3.05) is 49.3 Å². The van der Waals surface area contributed by atoms with Crippen LogP contribution in [0.4, 0.5) is 0 Å². The van der Waals surface area contributed by atoms with E-state index in [9.17, 15) is 0 Å². The molecule has 0 fully saturated rings. The van der Waals surface area contributed by atoms with Crippen LogP contribution in [-0.4, -0.2) is 73.5 Å². The van der Waals surface area contributed by atoms with Crippen LogP contribution >= 0.6 is 0 Å². The Hall–Kier alpha value is 0.114. The van der Waals surface area contributed by atoms with Gasteiger partial charge in [0.05, 0.1) is 12.7 Å². The first-order chi connectivity index (χ1) is 8.96. The van der Waals surface area contributed by atoms with Gasteiger partial charge in [0.15, 0.2) is 0 Å². The molecule has 0 aliphatic heterocycles. The Morgan fingerprint density at radius 2 is 1.05 bits per heavy atom. The van der Waals surface area contributed by atoms with Crippen molar-refractivity contribution in [3.8, 4) is 0 Å². The van der Waals surface area contributed by atoms with Crippen molar-refractivity contribution < 1.29 is 35.4 Å². The average Bonchev–Trinajstić information content (AvgIpc) is 2.47. The second kappa shape index (κ2) is 9.12. The summed E-state index contributed by atoms with van der Waals surface area (Å²) in [5.74, 6) is 0. The van der Waals surface area contributed by atoms with Crippen LogP contribution in [0.25, 0.3) is 0 Å². The molecule has 0 heterocycles. The van der Waals surface area contributed by atoms with E-state index < -0.39 is 18.1 Å². The molecule has 0 spiro atoms. The molecule has 0 saturated heterocycles. The van der Waals surface area contributed by atoms with E-state index in [1.165, 1.54) is 42.7 Å².